The number of nitrogens with zero attached hydrogens (tertiary/aromatic N) is 1. The van der Waals surface area contributed by atoms with Gasteiger partial charge in [0.2, 0.25) is 0 Å². The van der Waals surface area contributed by atoms with Gasteiger partial charge in [0.1, 0.15) is 6.10 Å². The SMILES string of the molecule is CC(C)CN1C(=O)OC(C)c2cc(N)ccc21. The molecule has 0 spiro atoms. The van der Waals surface area contributed by atoms with Crippen molar-refractivity contribution in [3.8, 4) is 0 Å². The van der Waals surface area contributed by atoms with Gasteiger partial charge in [0, 0.05) is 17.8 Å². The molecular weight excluding hydrogens is 216 g/mol. The molecule has 1 aliphatic heterocycles. The van der Waals surface area contributed by atoms with E-state index in [1.807, 2.05) is 25.1 Å². The Morgan fingerprint density at radius 1 is 1.47 bits per heavy atom. The minimum atomic E-state index is -0.275. The summed E-state index contributed by atoms with van der Waals surface area (Å²) in [6.45, 7) is 6.66. The number of hydrogen-bond donors (Lipinski definition) is 1. The van der Waals surface area contributed by atoms with Crippen LogP contribution >= 0.6 is 0 Å². The van der Waals surface area contributed by atoms with Gasteiger partial charge >= 0.3 is 6.09 Å². The first-order valence-electron chi connectivity index (χ1n) is 5.86. The molecule has 4 nitrogen and oxygen atoms in total. The summed E-state index contributed by atoms with van der Waals surface area (Å²) in [7, 11) is 0. The van der Waals surface area contributed by atoms with E-state index in [1.54, 1.807) is 4.90 Å². The molecular formula is C13H18N2O2. The summed E-state index contributed by atoms with van der Waals surface area (Å²) in [5.74, 6) is 0.390. The molecule has 92 valence electrons. The van der Waals surface area contributed by atoms with E-state index in [-0.39, 0.29) is 12.2 Å². The second kappa shape index (κ2) is 4.28. The van der Waals surface area contributed by atoms with Crippen molar-refractivity contribution in [1.82, 2.24) is 0 Å². The van der Waals surface area contributed by atoms with Crippen LogP contribution in [-0.4, -0.2) is 12.6 Å². The Balaban J connectivity index is 2.43. The molecule has 0 fully saturated rings. The molecule has 1 amide bonds. The Kier molecular flexibility index (Phi) is 2.96. The number of benzene rings is 1. The van der Waals surface area contributed by atoms with Gasteiger partial charge in [-0.25, -0.2) is 4.79 Å². The zero-order valence-electron chi connectivity index (χ0n) is 10.4. The quantitative estimate of drug-likeness (QED) is 0.800. The van der Waals surface area contributed by atoms with Crippen LogP contribution in [0.25, 0.3) is 0 Å². The molecule has 2 N–H and O–H groups in total. The maximum atomic E-state index is 11.9. The van der Waals surface area contributed by atoms with Crippen molar-refractivity contribution in [2.24, 2.45) is 5.92 Å². The molecule has 1 aliphatic rings. The van der Waals surface area contributed by atoms with Gasteiger partial charge in [0.25, 0.3) is 0 Å². The van der Waals surface area contributed by atoms with E-state index in [4.69, 9.17) is 10.5 Å². The zero-order valence-corrected chi connectivity index (χ0v) is 10.4. The predicted molar refractivity (Wildman–Crippen MR) is 67.9 cm³/mol. The molecule has 0 saturated heterocycles. The molecule has 0 bridgehead atoms. The zero-order chi connectivity index (χ0) is 12.6. The summed E-state index contributed by atoms with van der Waals surface area (Å²) >= 11 is 0. The highest BCUT2D eigenvalue weighted by molar-refractivity contribution is 5.91. The molecule has 1 aromatic rings. The molecule has 4 heteroatoms. The molecule has 1 unspecified atom stereocenters. The van der Waals surface area contributed by atoms with E-state index in [9.17, 15) is 4.79 Å². The van der Waals surface area contributed by atoms with Gasteiger partial charge in [-0.3, -0.25) is 4.90 Å². The molecule has 2 rings (SSSR count). The van der Waals surface area contributed by atoms with Crippen LogP contribution in [0.5, 0.6) is 0 Å². The Morgan fingerprint density at radius 2 is 2.18 bits per heavy atom. The molecule has 17 heavy (non-hydrogen) atoms. The van der Waals surface area contributed by atoms with Gasteiger partial charge in [-0.15, -0.1) is 0 Å². The van der Waals surface area contributed by atoms with Gasteiger partial charge < -0.3 is 10.5 Å². The van der Waals surface area contributed by atoms with Crippen molar-refractivity contribution < 1.29 is 9.53 Å². The highest BCUT2D eigenvalue weighted by Crippen LogP contribution is 2.35. The van der Waals surface area contributed by atoms with Gasteiger partial charge in [-0.2, -0.15) is 0 Å². The summed E-state index contributed by atoms with van der Waals surface area (Å²) in [5.41, 5.74) is 8.35. The topological polar surface area (TPSA) is 55.6 Å². The van der Waals surface area contributed by atoms with E-state index < -0.39 is 0 Å². The maximum Gasteiger partial charge on any atom is 0.414 e. The minimum absolute atomic E-state index is 0.232. The van der Waals surface area contributed by atoms with Gasteiger partial charge in [-0.05, 0) is 31.0 Å². The van der Waals surface area contributed by atoms with E-state index in [0.717, 1.165) is 11.3 Å². The van der Waals surface area contributed by atoms with Crippen molar-refractivity contribution in [3.63, 3.8) is 0 Å². The van der Waals surface area contributed by atoms with Gasteiger partial charge in [0.05, 0.1) is 5.69 Å². The third-order valence-corrected chi connectivity index (χ3v) is 2.83. The summed E-state index contributed by atoms with van der Waals surface area (Å²) in [4.78, 5) is 13.5. The summed E-state index contributed by atoms with van der Waals surface area (Å²) in [6, 6.07) is 5.58. The molecule has 0 radical (unpaired) electrons. The molecule has 1 atom stereocenters. The standard InChI is InChI=1S/C13H18N2O2/c1-8(2)7-15-12-5-4-10(14)6-11(12)9(3)17-13(15)16/h4-6,8-9H,7,14H2,1-3H3. The number of anilines is 2. The van der Waals surface area contributed by atoms with Crippen LogP contribution in [0.3, 0.4) is 0 Å². The Bertz CT molecular complexity index is 443. The number of carbonyl (C=O) groups is 1. The smallest absolute Gasteiger partial charge is 0.414 e. The number of nitrogens with two attached hydrogens (primary N) is 1. The van der Waals surface area contributed by atoms with Crippen LogP contribution in [0.2, 0.25) is 0 Å². The highest BCUT2D eigenvalue weighted by atomic mass is 16.6. The number of nitrogen functional groups attached to an aromatic ring is 1. The second-order valence-corrected chi connectivity index (χ2v) is 4.85. The number of amides is 1. The first-order valence-corrected chi connectivity index (χ1v) is 5.86. The lowest BCUT2D eigenvalue weighted by atomic mass is 10.0. The van der Waals surface area contributed by atoms with Crippen molar-refractivity contribution in [1.29, 1.82) is 0 Å². The number of fused-ring (bicyclic) bond motifs is 1. The lowest BCUT2D eigenvalue weighted by molar-refractivity contribution is 0.107. The normalized spacial score (nSPS) is 19.2. The molecule has 0 saturated carbocycles. The number of cyclic esters (lactones) is 1. The fourth-order valence-electron chi connectivity index (χ4n) is 2.06. The number of ether oxygens (including phenoxy) is 1. The van der Waals surface area contributed by atoms with Crippen LogP contribution in [0.1, 0.15) is 32.4 Å². The van der Waals surface area contributed by atoms with Crippen molar-refractivity contribution in [2.45, 2.75) is 26.9 Å². The lowest BCUT2D eigenvalue weighted by Gasteiger charge is -2.33. The van der Waals surface area contributed by atoms with Crippen molar-refractivity contribution >= 4 is 17.5 Å². The van der Waals surface area contributed by atoms with E-state index in [2.05, 4.69) is 13.8 Å². The summed E-state index contributed by atoms with van der Waals surface area (Å²) in [6.07, 6.45) is -0.507. The Morgan fingerprint density at radius 3 is 2.82 bits per heavy atom. The van der Waals surface area contributed by atoms with E-state index in [1.165, 1.54) is 0 Å². The number of hydrogen-bond acceptors (Lipinski definition) is 3. The van der Waals surface area contributed by atoms with E-state index in [0.29, 0.717) is 18.2 Å². The Hall–Kier alpha value is -1.71. The lowest BCUT2D eigenvalue weighted by Crippen LogP contribution is -2.39. The second-order valence-electron chi connectivity index (χ2n) is 4.85. The van der Waals surface area contributed by atoms with Gasteiger partial charge in [0.15, 0.2) is 0 Å². The average Bonchev–Trinajstić information content (AvgIpc) is 2.24. The monoisotopic (exact) mass is 234 g/mol. The number of carbonyl (C=O) groups excluding carboxylic acids is 1. The van der Waals surface area contributed by atoms with Crippen LogP contribution < -0.4 is 10.6 Å². The van der Waals surface area contributed by atoms with E-state index >= 15 is 0 Å². The summed E-state index contributed by atoms with van der Waals surface area (Å²) < 4.78 is 5.31. The third-order valence-electron chi connectivity index (χ3n) is 2.83. The van der Waals surface area contributed by atoms with Crippen molar-refractivity contribution in [3.05, 3.63) is 23.8 Å². The van der Waals surface area contributed by atoms with Crippen LogP contribution in [0.15, 0.2) is 18.2 Å². The third kappa shape index (κ3) is 2.20. The number of rotatable bonds is 2. The maximum absolute atomic E-state index is 11.9. The fraction of sp³-hybridized carbons (Fsp3) is 0.462. The minimum Gasteiger partial charge on any atom is -0.441 e. The first-order chi connectivity index (χ1) is 7.99. The highest BCUT2D eigenvalue weighted by Gasteiger charge is 2.30. The van der Waals surface area contributed by atoms with Crippen molar-refractivity contribution in [2.75, 3.05) is 17.2 Å². The van der Waals surface area contributed by atoms with Crippen LogP contribution in [-0.2, 0) is 4.74 Å². The van der Waals surface area contributed by atoms with Gasteiger partial charge in [-0.1, -0.05) is 13.8 Å². The predicted octanol–water partition coefficient (Wildman–Crippen LogP) is 2.94. The Labute approximate surface area is 101 Å². The fourth-order valence-corrected chi connectivity index (χ4v) is 2.06. The molecule has 1 aromatic carbocycles. The molecule has 0 aromatic heterocycles. The molecule has 0 aliphatic carbocycles. The first kappa shape index (κ1) is 11.8. The largest absolute Gasteiger partial charge is 0.441 e. The molecule has 1 heterocycles. The summed E-state index contributed by atoms with van der Waals surface area (Å²) in [5, 5.41) is 0. The van der Waals surface area contributed by atoms with Crippen LogP contribution in [0.4, 0.5) is 16.2 Å². The average molecular weight is 234 g/mol. The van der Waals surface area contributed by atoms with Crippen LogP contribution in [0, 0.1) is 5.92 Å².